The molecule has 1 aromatic carbocycles. The lowest BCUT2D eigenvalue weighted by molar-refractivity contribution is 0.243. The highest BCUT2D eigenvalue weighted by atomic mass is 31.1. The molecule has 0 amide bonds. The summed E-state index contributed by atoms with van der Waals surface area (Å²) in [5.74, 6) is 1.61. The van der Waals surface area contributed by atoms with Crippen molar-refractivity contribution in [3.8, 4) is 5.75 Å². The predicted molar refractivity (Wildman–Crippen MR) is 112 cm³/mol. The van der Waals surface area contributed by atoms with Gasteiger partial charge in [0, 0.05) is 5.56 Å². The van der Waals surface area contributed by atoms with Gasteiger partial charge < -0.3 is 9.05 Å². The van der Waals surface area contributed by atoms with Crippen LogP contribution in [-0.2, 0) is 15.4 Å². The fourth-order valence-corrected chi connectivity index (χ4v) is 3.43. The summed E-state index contributed by atoms with van der Waals surface area (Å²) in [5, 5.41) is 0. The molecule has 0 N–H and O–H groups in total. The van der Waals surface area contributed by atoms with Crippen molar-refractivity contribution >= 4 is 9.03 Å². The van der Waals surface area contributed by atoms with Crippen LogP contribution in [0.15, 0.2) is 18.2 Å². The van der Waals surface area contributed by atoms with Gasteiger partial charge in [-0.3, -0.25) is 0 Å². The van der Waals surface area contributed by atoms with Crippen molar-refractivity contribution in [1.82, 2.24) is 0 Å². The maximum Gasteiger partial charge on any atom is 0.215 e. The molecule has 2 atom stereocenters. The molecule has 1 aromatic rings. The van der Waals surface area contributed by atoms with Gasteiger partial charge in [0.25, 0.3) is 0 Å². The first-order chi connectivity index (χ1) is 11.6. The summed E-state index contributed by atoms with van der Waals surface area (Å²) in [6.07, 6.45) is 4.97. The average molecular weight is 367 g/mol. The van der Waals surface area contributed by atoms with E-state index < -0.39 is 0 Å². The Bertz CT molecular complexity index is 512. The molecule has 0 spiro atoms. The summed E-state index contributed by atoms with van der Waals surface area (Å²) in [6, 6.07) is 6.60. The lowest BCUT2D eigenvalue weighted by Crippen LogP contribution is -2.17. The quantitative estimate of drug-likeness (QED) is 0.335. The summed E-state index contributed by atoms with van der Waals surface area (Å²) in [4.78, 5) is 0. The molecule has 0 aliphatic rings. The standard InChI is InChI=1S/C22H39O2P/c1-9-11-12-17(10-2)16-23-25-24-20-14-13-18(21(3,4)5)15-19(20)22(6,7)8/h13-15,17,25H,9-12,16H2,1-8H3. The van der Waals surface area contributed by atoms with Crippen LogP contribution in [0.3, 0.4) is 0 Å². The molecule has 25 heavy (non-hydrogen) atoms. The first-order valence-corrected chi connectivity index (χ1v) is 10.6. The minimum absolute atomic E-state index is 0.0498. The van der Waals surface area contributed by atoms with Gasteiger partial charge in [-0.15, -0.1) is 0 Å². The molecular formula is C22H39O2P. The van der Waals surface area contributed by atoms with Crippen LogP contribution in [0.4, 0.5) is 0 Å². The third-order valence-corrected chi connectivity index (χ3v) is 5.31. The highest BCUT2D eigenvalue weighted by Gasteiger charge is 2.23. The molecule has 3 heteroatoms. The molecule has 1 rings (SSSR count). The SMILES string of the molecule is CCCCC(CC)COPOc1ccc(C(C)(C)C)cc1C(C)(C)C. The Balaban J connectivity index is 2.72. The average Bonchev–Trinajstić information content (AvgIpc) is 2.52. The van der Waals surface area contributed by atoms with Crippen LogP contribution in [0.25, 0.3) is 0 Å². The molecule has 0 bridgehead atoms. The first-order valence-electron chi connectivity index (χ1n) is 9.78. The van der Waals surface area contributed by atoms with Crippen LogP contribution < -0.4 is 4.52 Å². The van der Waals surface area contributed by atoms with Gasteiger partial charge in [-0.2, -0.15) is 0 Å². The minimum Gasteiger partial charge on any atom is -0.449 e. The highest BCUT2D eigenvalue weighted by Crippen LogP contribution is 2.38. The van der Waals surface area contributed by atoms with Crippen molar-refractivity contribution in [2.45, 2.75) is 91.9 Å². The van der Waals surface area contributed by atoms with Crippen LogP contribution in [0.2, 0.25) is 0 Å². The van der Waals surface area contributed by atoms with E-state index in [2.05, 4.69) is 73.6 Å². The van der Waals surface area contributed by atoms with Crippen LogP contribution in [0.5, 0.6) is 5.75 Å². The number of rotatable bonds is 9. The number of unbranched alkanes of at least 4 members (excludes halogenated alkanes) is 1. The zero-order valence-electron chi connectivity index (χ0n) is 17.7. The Morgan fingerprint density at radius 1 is 1.00 bits per heavy atom. The van der Waals surface area contributed by atoms with Gasteiger partial charge in [0.2, 0.25) is 9.03 Å². The Labute approximate surface area is 158 Å². The van der Waals surface area contributed by atoms with E-state index in [0.29, 0.717) is 5.92 Å². The third-order valence-electron chi connectivity index (χ3n) is 4.73. The molecule has 0 saturated heterocycles. The molecule has 0 radical (unpaired) electrons. The van der Waals surface area contributed by atoms with E-state index >= 15 is 0 Å². The van der Waals surface area contributed by atoms with Gasteiger partial charge >= 0.3 is 0 Å². The zero-order valence-corrected chi connectivity index (χ0v) is 18.7. The number of benzene rings is 1. The van der Waals surface area contributed by atoms with Crippen LogP contribution in [0, 0.1) is 5.92 Å². The smallest absolute Gasteiger partial charge is 0.215 e. The molecule has 0 heterocycles. The Morgan fingerprint density at radius 3 is 2.20 bits per heavy atom. The van der Waals surface area contributed by atoms with Gasteiger partial charge in [-0.1, -0.05) is 86.8 Å². The molecule has 0 aliphatic carbocycles. The first kappa shape index (κ1) is 22.5. The Kier molecular flexibility index (Phi) is 8.92. The van der Waals surface area contributed by atoms with Gasteiger partial charge in [0.15, 0.2) is 0 Å². The number of hydrogen-bond acceptors (Lipinski definition) is 2. The highest BCUT2D eigenvalue weighted by molar-refractivity contribution is 7.26. The lowest BCUT2D eigenvalue weighted by atomic mass is 9.80. The Hall–Kier alpha value is -0.590. The van der Waals surface area contributed by atoms with Crippen molar-refractivity contribution < 1.29 is 9.05 Å². The molecule has 0 saturated carbocycles. The van der Waals surface area contributed by atoms with E-state index in [9.17, 15) is 0 Å². The van der Waals surface area contributed by atoms with Crippen molar-refractivity contribution in [2.24, 2.45) is 5.92 Å². The summed E-state index contributed by atoms with van der Waals surface area (Å²) < 4.78 is 11.9. The van der Waals surface area contributed by atoms with Crippen molar-refractivity contribution in [3.05, 3.63) is 29.3 Å². The summed E-state index contributed by atoms with van der Waals surface area (Å²) in [5.41, 5.74) is 2.80. The molecule has 2 unspecified atom stereocenters. The predicted octanol–water partition coefficient (Wildman–Crippen LogP) is 7.40. The van der Waals surface area contributed by atoms with Gasteiger partial charge in [0.1, 0.15) is 5.75 Å². The molecular weight excluding hydrogens is 327 g/mol. The zero-order chi connectivity index (χ0) is 19.1. The van der Waals surface area contributed by atoms with E-state index in [-0.39, 0.29) is 19.9 Å². The van der Waals surface area contributed by atoms with Crippen molar-refractivity contribution in [2.75, 3.05) is 6.61 Å². The lowest BCUT2D eigenvalue weighted by Gasteiger charge is -2.27. The molecule has 144 valence electrons. The van der Waals surface area contributed by atoms with Gasteiger partial charge in [-0.25, -0.2) is 0 Å². The minimum atomic E-state index is 0.0498. The summed E-state index contributed by atoms with van der Waals surface area (Å²) in [7, 11) is 0.0695. The second-order valence-corrected chi connectivity index (χ2v) is 9.78. The van der Waals surface area contributed by atoms with Crippen LogP contribution >= 0.6 is 9.03 Å². The van der Waals surface area contributed by atoms with E-state index in [4.69, 9.17) is 9.05 Å². The monoisotopic (exact) mass is 366 g/mol. The normalized spacial score (nSPS) is 14.2. The van der Waals surface area contributed by atoms with E-state index in [1.54, 1.807) is 0 Å². The molecule has 2 nitrogen and oxygen atoms in total. The Morgan fingerprint density at radius 2 is 1.68 bits per heavy atom. The molecule has 0 fully saturated rings. The largest absolute Gasteiger partial charge is 0.449 e. The topological polar surface area (TPSA) is 18.5 Å². The molecule has 0 aliphatic heterocycles. The maximum atomic E-state index is 6.04. The van der Waals surface area contributed by atoms with Crippen LogP contribution in [0.1, 0.15) is 92.2 Å². The van der Waals surface area contributed by atoms with Crippen LogP contribution in [-0.4, -0.2) is 6.61 Å². The molecule has 0 aromatic heterocycles. The van der Waals surface area contributed by atoms with E-state index in [1.807, 2.05) is 0 Å². The van der Waals surface area contributed by atoms with Crippen molar-refractivity contribution in [3.63, 3.8) is 0 Å². The second-order valence-electron chi connectivity index (χ2n) is 9.12. The fourth-order valence-electron chi connectivity index (χ4n) is 2.80. The maximum absolute atomic E-state index is 6.04. The summed E-state index contributed by atoms with van der Waals surface area (Å²) >= 11 is 0. The van der Waals surface area contributed by atoms with Gasteiger partial charge in [-0.05, 0) is 34.8 Å². The second kappa shape index (κ2) is 9.93. The van der Waals surface area contributed by atoms with E-state index in [1.165, 1.54) is 36.8 Å². The van der Waals surface area contributed by atoms with E-state index in [0.717, 1.165) is 12.4 Å². The third kappa shape index (κ3) is 7.67. The fraction of sp³-hybridized carbons (Fsp3) is 0.727. The van der Waals surface area contributed by atoms with Gasteiger partial charge in [0.05, 0.1) is 6.61 Å². The summed E-state index contributed by atoms with van der Waals surface area (Å²) in [6.45, 7) is 18.8. The van der Waals surface area contributed by atoms with Crippen molar-refractivity contribution in [1.29, 1.82) is 0 Å². The number of hydrogen-bond donors (Lipinski definition) is 0.